The van der Waals surface area contributed by atoms with E-state index in [0.717, 1.165) is 12.1 Å². The summed E-state index contributed by atoms with van der Waals surface area (Å²) in [5.41, 5.74) is 0.877. The Morgan fingerprint density at radius 3 is 2.42 bits per heavy atom. The Kier molecular flexibility index (Phi) is 3.80. The number of fused-ring (bicyclic) bond motifs is 1. The highest BCUT2D eigenvalue weighted by molar-refractivity contribution is 5.87. The summed E-state index contributed by atoms with van der Waals surface area (Å²) in [4.78, 5) is 12.9. The molecule has 2 heterocycles. The number of rotatable bonds is 3. The number of halogens is 3. The Balaban J connectivity index is 1.91. The summed E-state index contributed by atoms with van der Waals surface area (Å²) in [6.07, 6.45) is 1.51. The minimum absolute atomic E-state index is 0.124. The summed E-state index contributed by atoms with van der Waals surface area (Å²) < 4.78 is 43.2. The molecule has 0 aliphatic rings. The molecule has 0 saturated carbocycles. The maximum absolute atomic E-state index is 14.0. The Bertz CT molecular complexity index is 1100. The van der Waals surface area contributed by atoms with Crippen LogP contribution in [-0.2, 0) is 7.05 Å². The van der Waals surface area contributed by atoms with Crippen LogP contribution in [0.3, 0.4) is 0 Å². The number of imidazole rings is 1. The molecular formula is C18H12F3N5. The second-order valence-corrected chi connectivity index (χ2v) is 5.66. The minimum atomic E-state index is -0.764. The molecule has 0 fully saturated rings. The molecule has 0 spiro atoms. The lowest BCUT2D eigenvalue weighted by atomic mass is 10.2. The first kappa shape index (κ1) is 16.1. The third-order valence-corrected chi connectivity index (χ3v) is 3.85. The molecule has 0 aliphatic carbocycles. The summed E-state index contributed by atoms with van der Waals surface area (Å²) in [5.74, 6) is -1.63. The van der Waals surface area contributed by atoms with E-state index in [0.29, 0.717) is 16.7 Å². The molecule has 0 atom stereocenters. The summed E-state index contributed by atoms with van der Waals surface area (Å²) in [6.45, 7) is 0. The number of aryl methyl sites for hydroxylation is 1. The van der Waals surface area contributed by atoms with Gasteiger partial charge in [0.2, 0.25) is 0 Å². The minimum Gasteiger partial charge on any atom is -0.333 e. The molecular weight excluding hydrogens is 343 g/mol. The van der Waals surface area contributed by atoms with Gasteiger partial charge < -0.3 is 9.88 Å². The van der Waals surface area contributed by atoms with E-state index in [2.05, 4.69) is 20.3 Å². The van der Waals surface area contributed by atoms with Gasteiger partial charge in [-0.3, -0.25) is 0 Å². The molecule has 130 valence electrons. The van der Waals surface area contributed by atoms with Crippen molar-refractivity contribution in [3.63, 3.8) is 0 Å². The molecule has 26 heavy (non-hydrogen) atoms. The van der Waals surface area contributed by atoms with Gasteiger partial charge in [-0.2, -0.15) is 0 Å². The number of anilines is 2. The maximum Gasteiger partial charge on any atom is 0.165 e. The fourth-order valence-electron chi connectivity index (χ4n) is 2.59. The van der Waals surface area contributed by atoms with Crippen molar-refractivity contribution in [2.24, 2.45) is 7.05 Å². The van der Waals surface area contributed by atoms with E-state index in [9.17, 15) is 13.2 Å². The van der Waals surface area contributed by atoms with Crippen molar-refractivity contribution in [3.8, 4) is 11.4 Å². The lowest BCUT2D eigenvalue weighted by molar-refractivity contribution is 0.590. The Hall–Kier alpha value is -3.42. The standard InChI is InChI=1S/C18H12F3N5/c1-26-9-22-15-17(23-14-12(20)6-3-7-13(14)21)24-16(25-18(15)26)10-4-2-5-11(19)8-10/h2-9H,1H3,(H,23,24,25). The molecule has 0 saturated heterocycles. The first-order valence-electron chi connectivity index (χ1n) is 7.69. The van der Waals surface area contributed by atoms with Crippen LogP contribution in [0.2, 0.25) is 0 Å². The SMILES string of the molecule is Cn1cnc2c(Nc3c(F)cccc3F)nc(-c3cccc(F)c3)nc21. The van der Waals surface area contributed by atoms with Gasteiger partial charge in [-0.15, -0.1) is 0 Å². The molecule has 0 aliphatic heterocycles. The first-order chi connectivity index (χ1) is 12.5. The molecule has 4 aromatic rings. The maximum atomic E-state index is 14.0. The summed E-state index contributed by atoms with van der Waals surface area (Å²) in [5, 5.41) is 2.65. The molecule has 1 N–H and O–H groups in total. The van der Waals surface area contributed by atoms with Crippen molar-refractivity contribution < 1.29 is 13.2 Å². The van der Waals surface area contributed by atoms with E-state index in [4.69, 9.17) is 0 Å². The summed E-state index contributed by atoms with van der Waals surface area (Å²) in [6, 6.07) is 9.31. The van der Waals surface area contributed by atoms with Crippen molar-refractivity contribution in [2.45, 2.75) is 0 Å². The second-order valence-electron chi connectivity index (χ2n) is 5.66. The van der Waals surface area contributed by atoms with E-state index < -0.39 is 17.5 Å². The van der Waals surface area contributed by atoms with E-state index in [1.54, 1.807) is 17.7 Å². The lowest BCUT2D eigenvalue weighted by Crippen LogP contribution is -2.03. The molecule has 2 aromatic carbocycles. The largest absolute Gasteiger partial charge is 0.333 e. The number of hydrogen-bond acceptors (Lipinski definition) is 4. The van der Waals surface area contributed by atoms with Gasteiger partial charge in [-0.05, 0) is 24.3 Å². The molecule has 0 unspecified atom stereocenters. The average molecular weight is 355 g/mol. The van der Waals surface area contributed by atoms with Gasteiger partial charge in [0, 0.05) is 12.6 Å². The highest BCUT2D eigenvalue weighted by Crippen LogP contribution is 2.28. The van der Waals surface area contributed by atoms with Crippen LogP contribution in [0, 0.1) is 17.5 Å². The fourth-order valence-corrected chi connectivity index (χ4v) is 2.59. The Morgan fingerprint density at radius 1 is 0.962 bits per heavy atom. The number of hydrogen-bond donors (Lipinski definition) is 1. The number of aromatic nitrogens is 4. The molecule has 4 rings (SSSR count). The number of para-hydroxylation sites is 1. The van der Waals surface area contributed by atoms with Crippen LogP contribution in [0.25, 0.3) is 22.6 Å². The summed E-state index contributed by atoms with van der Waals surface area (Å²) >= 11 is 0. The van der Waals surface area contributed by atoms with Crippen molar-refractivity contribution in [1.82, 2.24) is 19.5 Å². The van der Waals surface area contributed by atoms with Gasteiger partial charge in [-0.1, -0.05) is 18.2 Å². The van der Waals surface area contributed by atoms with Crippen molar-refractivity contribution in [2.75, 3.05) is 5.32 Å². The van der Waals surface area contributed by atoms with E-state index in [1.165, 1.54) is 30.6 Å². The zero-order valence-electron chi connectivity index (χ0n) is 13.5. The van der Waals surface area contributed by atoms with Crippen molar-refractivity contribution >= 4 is 22.7 Å². The molecule has 5 nitrogen and oxygen atoms in total. The van der Waals surface area contributed by atoms with E-state index >= 15 is 0 Å². The average Bonchev–Trinajstić information content (AvgIpc) is 2.99. The van der Waals surface area contributed by atoms with Crippen LogP contribution in [-0.4, -0.2) is 19.5 Å². The molecule has 0 radical (unpaired) electrons. The van der Waals surface area contributed by atoms with Gasteiger partial charge >= 0.3 is 0 Å². The zero-order chi connectivity index (χ0) is 18.3. The van der Waals surface area contributed by atoms with Crippen molar-refractivity contribution in [3.05, 3.63) is 66.2 Å². The third kappa shape index (κ3) is 2.75. The van der Waals surface area contributed by atoms with Gasteiger partial charge in [0.25, 0.3) is 0 Å². The topological polar surface area (TPSA) is 55.6 Å². The molecule has 2 aromatic heterocycles. The molecule has 0 bridgehead atoms. The molecule has 0 amide bonds. The van der Waals surface area contributed by atoms with Crippen LogP contribution >= 0.6 is 0 Å². The predicted octanol–water partition coefficient (Wildman–Crippen LogP) is 4.19. The van der Waals surface area contributed by atoms with Crippen LogP contribution in [0.5, 0.6) is 0 Å². The Morgan fingerprint density at radius 2 is 1.69 bits per heavy atom. The van der Waals surface area contributed by atoms with Crippen LogP contribution in [0.15, 0.2) is 48.8 Å². The van der Waals surface area contributed by atoms with E-state index in [1.807, 2.05) is 0 Å². The van der Waals surface area contributed by atoms with Crippen LogP contribution in [0.1, 0.15) is 0 Å². The van der Waals surface area contributed by atoms with Crippen LogP contribution < -0.4 is 5.32 Å². The third-order valence-electron chi connectivity index (χ3n) is 3.85. The van der Waals surface area contributed by atoms with Gasteiger partial charge in [0.1, 0.15) is 23.1 Å². The monoisotopic (exact) mass is 355 g/mol. The highest BCUT2D eigenvalue weighted by Gasteiger charge is 2.17. The van der Waals surface area contributed by atoms with Gasteiger partial charge in [0.15, 0.2) is 22.8 Å². The van der Waals surface area contributed by atoms with Crippen molar-refractivity contribution in [1.29, 1.82) is 0 Å². The van der Waals surface area contributed by atoms with E-state index in [-0.39, 0.29) is 17.3 Å². The predicted molar refractivity (Wildman–Crippen MR) is 91.3 cm³/mol. The van der Waals surface area contributed by atoms with Crippen LogP contribution in [0.4, 0.5) is 24.7 Å². The Labute approximate surface area is 146 Å². The number of benzene rings is 2. The highest BCUT2D eigenvalue weighted by atomic mass is 19.1. The second kappa shape index (κ2) is 6.14. The summed E-state index contributed by atoms with van der Waals surface area (Å²) in [7, 11) is 1.73. The lowest BCUT2D eigenvalue weighted by Gasteiger charge is -2.10. The normalized spacial score (nSPS) is 11.1. The van der Waals surface area contributed by atoms with Gasteiger partial charge in [0.05, 0.1) is 6.33 Å². The zero-order valence-corrected chi connectivity index (χ0v) is 13.5. The van der Waals surface area contributed by atoms with Gasteiger partial charge in [-0.25, -0.2) is 28.1 Å². The smallest absolute Gasteiger partial charge is 0.165 e. The number of nitrogens with one attached hydrogen (secondary N) is 1. The molecule has 8 heteroatoms. The first-order valence-corrected chi connectivity index (χ1v) is 7.69. The quantitative estimate of drug-likeness (QED) is 0.599. The fraction of sp³-hybridized carbons (Fsp3) is 0.0556. The number of nitrogens with zero attached hydrogens (tertiary/aromatic N) is 4.